The summed E-state index contributed by atoms with van der Waals surface area (Å²) in [6.45, 7) is 2.21. The van der Waals surface area contributed by atoms with E-state index < -0.39 is 0 Å². The van der Waals surface area contributed by atoms with Crippen LogP contribution in [0.2, 0.25) is 0 Å². The summed E-state index contributed by atoms with van der Waals surface area (Å²) < 4.78 is 5.11. The van der Waals surface area contributed by atoms with Gasteiger partial charge in [-0.05, 0) is 12.0 Å². The van der Waals surface area contributed by atoms with Gasteiger partial charge in [-0.2, -0.15) is 4.98 Å². The Kier molecular flexibility index (Phi) is 3.97. The number of hydrogen-bond acceptors (Lipinski definition) is 4. The van der Waals surface area contributed by atoms with Gasteiger partial charge in [0.15, 0.2) is 0 Å². The molecule has 0 unspecified atom stereocenters. The maximum Gasteiger partial charge on any atom is 0.258 e. The second-order valence-corrected chi connectivity index (χ2v) is 4.16. The number of ether oxygens (including phenoxy) is 1. The van der Waals surface area contributed by atoms with Gasteiger partial charge in [0, 0.05) is 12.7 Å². The van der Waals surface area contributed by atoms with Crippen molar-refractivity contribution in [2.45, 2.75) is 20.0 Å². The van der Waals surface area contributed by atoms with Crippen LogP contribution in [0.1, 0.15) is 18.1 Å². The molecule has 2 aromatic rings. The van der Waals surface area contributed by atoms with E-state index in [4.69, 9.17) is 4.74 Å². The Balaban J connectivity index is 2.57. The van der Waals surface area contributed by atoms with Crippen LogP contribution in [-0.4, -0.2) is 22.2 Å². The normalized spacial score (nSPS) is 10.6. The van der Waals surface area contributed by atoms with Gasteiger partial charge >= 0.3 is 0 Å². The van der Waals surface area contributed by atoms with Crippen molar-refractivity contribution in [3.05, 3.63) is 45.7 Å². The SMILES string of the molecule is CCc1c(O)nc(-c2ccccc2COC)[nH]c1=O. The van der Waals surface area contributed by atoms with Crippen molar-refractivity contribution >= 4 is 0 Å². The van der Waals surface area contributed by atoms with Crippen molar-refractivity contribution in [2.24, 2.45) is 0 Å². The van der Waals surface area contributed by atoms with Crippen LogP contribution in [0.4, 0.5) is 0 Å². The van der Waals surface area contributed by atoms with Crippen molar-refractivity contribution in [3.63, 3.8) is 0 Å². The monoisotopic (exact) mass is 260 g/mol. The highest BCUT2D eigenvalue weighted by atomic mass is 16.5. The lowest BCUT2D eigenvalue weighted by Crippen LogP contribution is -2.15. The number of benzene rings is 1. The zero-order chi connectivity index (χ0) is 13.8. The molecular formula is C14H16N2O3. The molecule has 0 fully saturated rings. The molecular weight excluding hydrogens is 244 g/mol. The third-order valence-corrected chi connectivity index (χ3v) is 2.92. The van der Waals surface area contributed by atoms with E-state index in [9.17, 15) is 9.90 Å². The molecule has 1 aromatic carbocycles. The molecule has 100 valence electrons. The lowest BCUT2D eigenvalue weighted by Gasteiger charge is -2.09. The molecule has 0 spiro atoms. The Bertz CT molecular complexity index is 635. The molecule has 0 aliphatic carbocycles. The predicted octanol–water partition coefficient (Wildman–Crippen LogP) is 1.85. The average Bonchev–Trinajstić information content (AvgIpc) is 2.39. The Labute approximate surface area is 110 Å². The molecule has 2 N–H and O–H groups in total. The maximum absolute atomic E-state index is 11.8. The number of hydrogen-bond donors (Lipinski definition) is 2. The molecule has 2 rings (SSSR count). The Morgan fingerprint density at radius 3 is 2.74 bits per heavy atom. The van der Waals surface area contributed by atoms with Crippen LogP contribution in [-0.2, 0) is 17.8 Å². The van der Waals surface area contributed by atoms with Crippen molar-refractivity contribution in [1.82, 2.24) is 9.97 Å². The minimum Gasteiger partial charge on any atom is -0.493 e. The highest BCUT2D eigenvalue weighted by Gasteiger charge is 2.12. The van der Waals surface area contributed by atoms with Crippen LogP contribution in [0.25, 0.3) is 11.4 Å². The number of rotatable bonds is 4. The zero-order valence-electron chi connectivity index (χ0n) is 10.9. The fraction of sp³-hybridized carbons (Fsp3) is 0.286. The van der Waals surface area contributed by atoms with Crippen molar-refractivity contribution < 1.29 is 9.84 Å². The molecule has 0 aliphatic heterocycles. The van der Waals surface area contributed by atoms with E-state index in [0.717, 1.165) is 11.1 Å². The summed E-state index contributed by atoms with van der Waals surface area (Å²) in [4.78, 5) is 18.6. The largest absolute Gasteiger partial charge is 0.493 e. The molecule has 1 heterocycles. The van der Waals surface area contributed by atoms with Crippen molar-refractivity contribution in [1.29, 1.82) is 0 Å². The van der Waals surface area contributed by atoms with Gasteiger partial charge in [-0.3, -0.25) is 4.79 Å². The van der Waals surface area contributed by atoms with Crippen LogP contribution >= 0.6 is 0 Å². The van der Waals surface area contributed by atoms with Gasteiger partial charge in [0.05, 0.1) is 12.2 Å². The van der Waals surface area contributed by atoms with E-state index in [1.807, 2.05) is 24.3 Å². The van der Waals surface area contributed by atoms with Crippen LogP contribution in [0.15, 0.2) is 29.1 Å². The number of aromatic nitrogens is 2. The minimum absolute atomic E-state index is 0.214. The maximum atomic E-state index is 11.8. The average molecular weight is 260 g/mol. The molecule has 0 radical (unpaired) electrons. The Morgan fingerprint density at radius 2 is 2.11 bits per heavy atom. The van der Waals surface area contributed by atoms with Crippen LogP contribution < -0.4 is 5.56 Å². The first kappa shape index (κ1) is 13.3. The topological polar surface area (TPSA) is 75.2 Å². The minimum atomic E-state index is -0.308. The first-order valence-corrected chi connectivity index (χ1v) is 6.06. The van der Waals surface area contributed by atoms with E-state index in [1.165, 1.54) is 0 Å². The fourth-order valence-corrected chi connectivity index (χ4v) is 1.96. The lowest BCUT2D eigenvalue weighted by molar-refractivity contribution is 0.185. The fourth-order valence-electron chi connectivity index (χ4n) is 1.96. The Morgan fingerprint density at radius 1 is 1.37 bits per heavy atom. The summed E-state index contributed by atoms with van der Waals surface area (Å²) in [5, 5.41) is 9.79. The standard InChI is InChI=1S/C14H16N2O3/c1-3-10-13(17)15-12(16-14(10)18)11-7-5-4-6-9(11)8-19-2/h4-7H,3,8H2,1-2H3,(H2,15,16,17,18). The van der Waals surface area contributed by atoms with Gasteiger partial charge in [0.1, 0.15) is 5.82 Å². The molecule has 1 aromatic heterocycles. The molecule has 0 saturated carbocycles. The summed E-state index contributed by atoms with van der Waals surface area (Å²) in [7, 11) is 1.60. The molecule has 0 saturated heterocycles. The van der Waals surface area contributed by atoms with Gasteiger partial charge in [0.2, 0.25) is 5.88 Å². The van der Waals surface area contributed by atoms with Crippen LogP contribution in [0, 0.1) is 0 Å². The van der Waals surface area contributed by atoms with Gasteiger partial charge in [-0.15, -0.1) is 0 Å². The first-order valence-electron chi connectivity index (χ1n) is 6.06. The smallest absolute Gasteiger partial charge is 0.258 e. The van der Waals surface area contributed by atoms with Gasteiger partial charge in [-0.25, -0.2) is 0 Å². The van der Waals surface area contributed by atoms with E-state index in [1.54, 1.807) is 14.0 Å². The number of aromatic amines is 1. The van der Waals surface area contributed by atoms with E-state index in [2.05, 4.69) is 9.97 Å². The molecule has 0 aliphatic rings. The van der Waals surface area contributed by atoms with E-state index >= 15 is 0 Å². The second-order valence-electron chi connectivity index (χ2n) is 4.16. The van der Waals surface area contributed by atoms with E-state index in [-0.39, 0.29) is 11.4 Å². The third-order valence-electron chi connectivity index (χ3n) is 2.92. The van der Waals surface area contributed by atoms with Crippen molar-refractivity contribution in [3.8, 4) is 17.3 Å². The molecule has 0 bridgehead atoms. The summed E-state index contributed by atoms with van der Waals surface area (Å²) in [5.74, 6) is 0.140. The molecule has 0 amide bonds. The molecule has 0 atom stereocenters. The number of H-pyrrole nitrogens is 1. The summed E-state index contributed by atoms with van der Waals surface area (Å²) in [5.41, 5.74) is 1.64. The van der Waals surface area contributed by atoms with Gasteiger partial charge in [-0.1, -0.05) is 31.2 Å². The summed E-state index contributed by atoms with van der Waals surface area (Å²) >= 11 is 0. The number of nitrogens with one attached hydrogen (secondary N) is 1. The quantitative estimate of drug-likeness (QED) is 0.879. The number of aromatic hydroxyl groups is 1. The number of methoxy groups -OCH3 is 1. The molecule has 5 nitrogen and oxygen atoms in total. The van der Waals surface area contributed by atoms with Crippen LogP contribution in [0.3, 0.4) is 0 Å². The molecule has 5 heteroatoms. The highest BCUT2D eigenvalue weighted by molar-refractivity contribution is 5.60. The highest BCUT2D eigenvalue weighted by Crippen LogP contribution is 2.22. The molecule has 19 heavy (non-hydrogen) atoms. The second kappa shape index (κ2) is 5.67. The van der Waals surface area contributed by atoms with Gasteiger partial charge < -0.3 is 14.8 Å². The zero-order valence-corrected chi connectivity index (χ0v) is 10.9. The van der Waals surface area contributed by atoms with E-state index in [0.29, 0.717) is 24.4 Å². The summed E-state index contributed by atoms with van der Waals surface area (Å²) in [6, 6.07) is 7.46. The summed E-state index contributed by atoms with van der Waals surface area (Å²) in [6.07, 6.45) is 0.439. The third kappa shape index (κ3) is 2.66. The predicted molar refractivity (Wildman–Crippen MR) is 72.0 cm³/mol. The lowest BCUT2D eigenvalue weighted by atomic mass is 10.1. The Hall–Kier alpha value is -2.14. The number of nitrogens with zero attached hydrogens (tertiary/aromatic N) is 1. The van der Waals surface area contributed by atoms with Crippen LogP contribution in [0.5, 0.6) is 5.88 Å². The van der Waals surface area contributed by atoms with Gasteiger partial charge in [0.25, 0.3) is 5.56 Å². The van der Waals surface area contributed by atoms with Crippen molar-refractivity contribution in [2.75, 3.05) is 7.11 Å². The first-order chi connectivity index (χ1) is 9.17.